The number of para-hydroxylation sites is 1. The van der Waals surface area contributed by atoms with E-state index in [1.807, 2.05) is 54.6 Å². The molecule has 4 rings (SSSR count). The standard InChI is InChI=1S/C29H27NO4/c1-18(2)26(22-14-12-21(13-15-22)19(3)31)27-24-10-5-6-11-25(24)30(28(27)32)17-20-8-7-9-23(16-20)29(33)34-4/h5-16,18H,17H2,1-4H3/b27-26+. The Hall–Kier alpha value is -3.99. The van der Waals surface area contributed by atoms with Gasteiger partial charge in [-0.3, -0.25) is 9.59 Å². The molecule has 1 heterocycles. The van der Waals surface area contributed by atoms with Crippen LogP contribution in [0.15, 0.2) is 72.8 Å². The first kappa shape index (κ1) is 23.2. The van der Waals surface area contributed by atoms with Crippen molar-refractivity contribution in [1.82, 2.24) is 0 Å². The highest BCUT2D eigenvalue weighted by Crippen LogP contribution is 2.43. The number of ketones is 1. The summed E-state index contributed by atoms with van der Waals surface area (Å²) in [5, 5.41) is 0. The molecule has 1 amide bonds. The molecule has 0 aliphatic carbocycles. The maximum Gasteiger partial charge on any atom is 0.337 e. The average molecular weight is 454 g/mol. The zero-order valence-electron chi connectivity index (χ0n) is 19.8. The summed E-state index contributed by atoms with van der Waals surface area (Å²) in [7, 11) is 1.35. The summed E-state index contributed by atoms with van der Waals surface area (Å²) in [6.45, 7) is 6.01. The van der Waals surface area contributed by atoms with Crippen LogP contribution in [0.1, 0.15) is 58.2 Å². The van der Waals surface area contributed by atoms with E-state index in [1.54, 1.807) is 30.0 Å². The normalized spacial score (nSPS) is 14.3. The summed E-state index contributed by atoms with van der Waals surface area (Å²) < 4.78 is 4.84. The van der Waals surface area contributed by atoms with Crippen molar-refractivity contribution in [3.8, 4) is 0 Å². The zero-order valence-corrected chi connectivity index (χ0v) is 19.8. The Labute approximate surface area is 199 Å². The van der Waals surface area contributed by atoms with Crippen LogP contribution in [0.5, 0.6) is 0 Å². The molecular weight excluding hydrogens is 426 g/mol. The second kappa shape index (κ2) is 9.48. The SMILES string of the molecule is COC(=O)c1cccc(CN2C(=O)/C(=C(/c3ccc(C(C)=O)cc3)C(C)C)c3ccccc32)c1. The van der Waals surface area contributed by atoms with Crippen LogP contribution in [0, 0.1) is 5.92 Å². The number of carbonyl (C=O) groups is 3. The molecule has 0 N–H and O–H groups in total. The largest absolute Gasteiger partial charge is 0.465 e. The highest BCUT2D eigenvalue weighted by atomic mass is 16.5. The molecule has 0 atom stereocenters. The van der Waals surface area contributed by atoms with Gasteiger partial charge in [-0.2, -0.15) is 0 Å². The predicted molar refractivity (Wildman–Crippen MR) is 134 cm³/mol. The molecule has 0 radical (unpaired) electrons. The van der Waals surface area contributed by atoms with E-state index in [4.69, 9.17) is 4.74 Å². The van der Waals surface area contributed by atoms with E-state index in [1.165, 1.54) is 7.11 Å². The molecule has 0 bridgehead atoms. The van der Waals surface area contributed by atoms with Gasteiger partial charge in [-0.25, -0.2) is 4.79 Å². The Bertz CT molecular complexity index is 1300. The lowest BCUT2D eigenvalue weighted by atomic mass is 9.87. The maximum atomic E-state index is 13.9. The quantitative estimate of drug-likeness (QED) is 0.269. The van der Waals surface area contributed by atoms with E-state index in [2.05, 4.69) is 13.8 Å². The summed E-state index contributed by atoms with van der Waals surface area (Å²) in [5.41, 5.74) is 6.19. The Morgan fingerprint density at radius 3 is 2.21 bits per heavy atom. The minimum atomic E-state index is -0.410. The van der Waals surface area contributed by atoms with E-state index in [9.17, 15) is 14.4 Å². The van der Waals surface area contributed by atoms with Crippen molar-refractivity contribution in [3.05, 3.63) is 101 Å². The van der Waals surface area contributed by atoms with Crippen LogP contribution < -0.4 is 4.90 Å². The van der Waals surface area contributed by atoms with Gasteiger partial charge in [0.1, 0.15) is 0 Å². The summed E-state index contributed by atoms with van der Waals surface area (Å²) >= 11 is 0. The third kappa shape index (κ3) is 4.29. The van der Waals surface area contributed by atoms with Gasteiger partial charge in [0.2, 0.25) is 0 Å². The number of Topliss-reactive ketones (excluding diaryl/α,β-unsaturated/α-hetero) is 1. The maximum absolute atomic E-state index is 13.9. The lowest BCUT2D eigenvalue weighted by Crippen LogP contribution is -2.26. The number of benzene rings is 3. The van der Waals surface area contributed by atoms with Crippen LogP contribution in [0.25, 0.3) is 11.1 Å². The van der Waals surface area contributed by atoms with Gasteiger partial charge in [0, 0.05) is 11.1 Å². The number of esters is 1. The Kier molecular flexibility index (Phi) is 6.46. The predicted octanol–water partition coefficient (Wildman–Crippen LogP) is 5.79. The van der Waals surface area contributed by atoms with E-state index < -0.39 is 5.97 Å². The fourth-order valence-electron chi connectivity index (χ4n) is 4.45. The fraction of sp³-hybridized carbons (Fsp3) is 0.207. The van der Waals surface area contributed by atoms with Crippen LogP contribution in [0.4, 0.5) is 5.69 Å². The number of amides is 1. The number of ether oxygens (including phenoxy) is 1. The fourth-order valence-corrected chi connectivity index (χ4v) is 4.45. The Morgan fingerprint density at radius 2 is 1.56 bits per heavy atom. The van der Waals surface area contributed by atoms with E-state index in [-0.39, 0.29) is 17.6 Å². The average Bonchev–Trinajstić information content (AvgIpc) is 3.10. The van der Waals surface area contributed by atoms with E-state index in [0.717, 1.165) is 28.0 Å². The monoisotopic (exact) mass is 453 g/mol. The van der Waals surface area contributed by atoms with Gasteiger partial charge < -0.3 is 9.64 Å². The van der Waals surface area contributed by atoms with E-state index >= 15 is 0 Å². The first-order valence-electron chi connectivity index (χ1n) is 11.3. The minimum absolute atomic E-state index is 0.00736. The minimum Gasteiger partial charge on any atom is -0.465 e. The molecule has 0 saturated carbocycles. The molecule has 34 heavy (non-hydrogen) atoms. The Balaban J connectivity index is 1.80. The topological polar surface area (TPSA) is 63.7 Å². The molecule has 0 saturated heterocycles. The van der Waals surface area contributed by atoms with Crippen LogP contribution in [0.2, 0.25) is 0 Å². The second-order valence-electron chi connectivity index (χ2n) is 8.68. The molecule has 5 heteroatoms. The van der Waals surface area contributed by atoms with Crippen LogP contribution in [0.3, 0.4) is 0 Å². The highest BCUT2D eigenvalue weighted by molar-refractivity contribution is 6.37. The molecule has 0 fully saturated rings. The van der Waals surface area contributed by atoms with Crippen molar-refractivity contribution in [2.45, 2.75) is 27.3 Å². The second-order valence-corrected chi connectivity index (χ2v) is 8.68. The zero-order chi connectivity index (χ0) is 24.4. The van der Waals surface area contributed by atoms with Gasteiger partial charge in [0.15, 0.2) is 5.78 Å². The molecule has 0 aromatic heterocycles. The number of nitrogens with zero attached hydrogens (tertiary/aromatic N) is 1. The molecular formula is C29H27NO4. The molecule has 1 aliphatic rings. The molecule has 3 aromatic rings. The summed E-state index contributed by atoms with van der Waals surface area (Å²) in [6.07, 6.45) is 0. The first-order chi connectivity index (χ1) is 16.3. The number of allylic oxidation sites excluding steroid dienone is 1. The first-order valence-corrected chi connectivity index (χ1v) is 11.3. The Morgan fingerprint density at radius 1 is 0.882 bits per heavy atom. The van der Waals surface area contributed by atoms with Crippen molar-refractivity contribution in [3.63, 3.8) is 0 Å². The third-order valence-corrected chi connectivity index (χ3v) is 6.06. The molecule has 3 aromatic carbocycles. The number of methoxy groups -OCH3 is 1. The van der Waals surface area contributed by atoms with Crippen LogP contribution >= 0.6 is 0 Å². The molecule has 5 nitrogen and oxygen atoms in total. The highest BCUT2D eigenvalue weighted by Gasteiger charge is 2.35. The van der Waals surface area contributed by atoms with E-state index in [0.29, 0.717) is 23.2 Å². The number of fused-ring (bicyclic) bond motifs is 1. The number of hydrogen-bond acceptors (Lipinski definition) is 4. The van der Waals surface area contributed by atoms with Crippen molar-refractivity contribution in [1.29, 1.82) is 0 Å². The molecule has 172 valence electrons. The van der Waals surface area contributed by atoms with Gasteiger partial charge >= 0.3 is 5.97 Å². The van der Waals surface area contributed by atoms with Gasteiger partial charge in [0.05, 0.1) is 30.5 Å². The third-order valence-electron chi connectivity index (χ3n) is 6.06. The van der Waals surface area contributed by atoms with Gasteiger partial charge in [-0.05, 0) is 47.7 Å². The summed E-state index contributed by atoms with van der Waals surface area (Å²) in [5.74, 6) is -0.401. The van der Waals surface area contributed by atoms with Gasteiger partial charge in [-0.15, -0.1) is 0 Å². The number of anilines is 1. The molecule has 0 spiro atoms. The summed E-state index contributed by atoms with van der Waals surface area (Å²) in [6, 6.07) is 22.4. The number of carbonyl (C=O) groups excluding carboxylic acids is 3. The van der Waals surface area contributed by atoms with Crippen LogP contribution in [-0.2, 0) is 16.1 Å². The molecule has 1 aliphatic heterocycles. The van der Waals surface area contributed by atoms with Crippen molar-refractivity contribution in [2.24, 2.45) is 5.92 Å². The van der Waals surface area contributed by atoms with Gasteiger partial charge in [0.25, 0.3) is 5.91 Å². The van der Waals surface area contributed by atoms with Gasteiger partial charge in [-0.1, -0.05) is 68.4 Å². The smallest absolute Gasteiger partial charge is 0.337 e. The lowest BCUT2D eigenvalue weighted by Gasteiger charge is -2.19. The van der Waals surface area contributed by atoms with Crippen molar-refractivity contribution >= 4 is 34.5 Å². The van der Waals surface area contributed by atoms with Crippen molar-refractivity contribution < 1.29 is 19.1 Å². The number of hydrogen-bond donors (Lipinski definition) is 0. The number of rotatable bonds is 6. The lowest BCUT2D eigenvalue weighted by molar-refractivity contribution is -0.113. The van der Waals surface area contributed by atoms with Crippen molar-refractivity contribution in [2.75, 3.05) is 12.0 Å². The molecule has 0 unspecified atom stereocenters. The van der Waals surface area contributed by atoms with Crippen LogP contribution in [-0.4, -0.2) is 24.8 Å². The summed E-state index contributed by atoms with van der Waals surface area (Å²) in [4.78, 5) is 39.3.